The van der Waals surface area contributed by atoms with Crippen molar-refractivity contribution in [2.45, 2.75) is 31.6 Å². The predicted octanol–water partition coefficient (Wildman–Crippen LogP) is 0.512. The number of hydrogen-bond donors (Lipinski definition) is 1. The van der Waals surface area contributed by atoms with E-state index >= 15 is 0 Å². The molecule has 20 heavy (non-hydrogen) atoms. The summed E-state index contributed by atoms with van der Waals surface area (Å²) in [5, 5.41) is 7.42. The van der Waals surface area contributed by atoms with E-state index in [9.17, 15) is 0 Å². The molecule has 1 unspecified atom stereocenters. The van der Waals surface area contributed by atoms with Crippen molar-refractivity contribution < 1.29 is 14.0 Å². The molecule has 0 saturated carbocycles. The number of morpholine rings is 1. The number of rotatable bonds is 4. The number of nitrogens with one attached hydrogen (secondary N) is 1. The Labute approximate surface area is 118 Å². The molecule has 112 valence electrons. The van der Waals surface area contributed by atoms with Gasteiger partial charge in [-0.25, -0.2) is 0 Å². The van der Waals surface area contributed by atoms with E-state index < -0.39 is 0 Å². The molecule has 7 nitrogen and oxygen atoms in total. The molecule has 2 saturated heterocycles. The molecule has 3 atom stereocenters. The summed E-state index contributed by atoms with van der Waals surface area (Å²) in [5.41, 5.74) is 0. The quantitative estimate of drug-likeness (QED) is 0.862. The van der Waals surface area contributed by atoms with Crippen LogP contribution < -0.4 is 5.32 Å². The van der Waals surface area contributed by atoms with Crippen molar-refractivity contribution >= 4 is 0 Å². The average Bonchev–Trinajstić information content (AvgIpc) is 3.15. The Bertz CT molecular complexity index is 439. The highest BCUT2D eigenvalue weighted by Crippen LogP contribution is 2.26. The first-order chi connectivity index (χ1) is 9.80. The Morgan fingerprint density at radius 3 is 3.15 bits per heavy atom. The van der Waals surface area contributed by atoms with Gasteiger partial charge in [-0.1, -0.05) is 12.1 Å². The molecule has 0 radical (unpaired) electrons. The maximum Gasteiger partial charge on any atom is 0.243 e. The van der Waals surface area contributed by atoms with Crippen LogP contribution in [-0.2, 0) is 9.47 Å². The van der Waals surface area contributed by atoms with Gasteiger partial charge >= 0.3 is 0 Å². The summed E-state index contributed by atoms with van der Waals surface area (Å²) in [4.78, 5) is 6.84. The Hall–Kier alpha value is -1.02. The zero-order valence-electron chi connectivity index (χ0n) is 12.0. The van der Waals surface area contributed by atoms with E-state index in [1.54, 1.807) is 7.11 Å². The van der Waals surface area contributed by atoms with E-state index in [0.29, 0.717) is 11.7 Å². The fraction of sp³-hybridized carbons (Fsp3) is 0.846. The predicted molar refractivity (Wildman–Crippen MR) is 71.3 cm³/mol. The molecule has 2 aliphatic heterocycles. The van der Waals surface area contributed by atoms with Gasteiger partial charge in [-0.05, 0) is 13.0 Å². The molecular weight excluding hydrogens is 260 g/mol. The summed E-state index contributed by atoms with van der Waals surface area (Å²) in [7, 11) is 1.73. The Morgan fingerprint density at radius 1 is 1.50 bits per heavy atom. The van der Waals surface area contributed by atoms with Gasteiger partial charge in [0.25, 0.3) is 0 Å². The monoisotopic (exact) mass is 282 g/mol. The summed E-state index contributed by atoms with van der Waals surface area (Å²) in [5.74, 6) is 1.29. The fourth-order valence-electron chi connectivity index (χ4n) is 2.74. The van der Waals surface area contributed by atoms with Crippen molar-refractivity contribution in [1.29, 1.82) is 0 Å². The van der Waals surface area contributed by atoms with Crippen LogP contribution in [0.15, 0.2) is 4.52 Å². The lowest BCUT2D eigenvalue weighted by molar-refractivity contribution is -0.0334. The minimum atomic E-state index is -0.0826. The fourth-order valence-corrected chi connectivity index (χ4v) is 2.74. The number of methoxy groups -OCH3 is 1. The average molecular weight is 282 g/mol. The molecule has 3 rings (SSSR count). The highest BCUT2D eigenvalue weighted by molar-refractivity contribution is 5.00. The van der Waals surface area contributed by atoms with Crippen molar-refractivity contribution in [3.05, 3.63) is 11.7 Å². The van der Waals surface area contributed by atoms with Crippen LogP contribution in [0.3, 0.4) is 0 Å². The molecule has 1 N–H and O–H groups in total. The van der Waals surface area contributed by atoms with Gasteiger partial charge in [-0.2, -0.15) is 4.98 Å². The molecule has 2 aliphatic rings. The van der Waals surface area contributed by atoms with Crippen LogP contribution in [0.4, 0.5) is 0 Å². The standard InChI is InChI=1S/C13H22N4O3/c1-3-17-4-5-19-11(8-17)12-15-13(20-16-12)10-6-9(18-2)7-14-10/h9-11,14H,3-8H2,1-2H3/t9-,10+,11?/m0/s1. The van der Waals surface area contributed by atoms with Gasteiger partial charge in [0.1, 0.15) is 6.10 Å². The Morgan fingerprint density at radius 2 is 2.40 bits per heavy atom. The molecule has 0 amide bonds. The van der Waals surface area contributed by atoms with Crippen LogP contribution in [0.25, 0.3) is 0 Å². The smallest absolute Gasteiger partial charge is 0.243 e. The van der Waals surface area contributed by atoms with Crippen LogP contribution in [0.5, 0.6) is 0 Å². The first kappa shape index (κ1) is 13.9. The number of aromatic nitrogens is 2. The van der Waals surface area contributed by atoms with E-state index in [1.165, 1.54) is 0 Å². The van der Waals surface area contributed by atoms with Crippen molar-refractivity contribution in [3.8, 4) is 0 Å². The number of hydrogen-bond acceptors (Lipinski definition) is 7. The van der Waals surface area contributed by atoms with Gasteiger partial charge in [-0.15, -0.1) is 0 Å². The van der Waals surface area contributed by atoms with Gasteiger partial charge in [0, 0.05) is 26.7 Å². The van der Waals surface area contributed by atoms with Gasteiger partial charge in [0.2, 0.25) is 11.7 Å². The molecule has 0 bridgehead atoms. The van der Waals surface area contributed by atoms with Crippen LogP contribution in [0, 0.1) is 0 Å². The van der Waals surface area contributed by atoms with Gasteiger partial charge in [0.05, 0.1) is 18.8 Å². The van der Waals surface area contributed by atoms with Crippen LogP contribution in [-0.4, -0.2) is 61.0 Å². The molecule has 3 heterocycles. The largest absolute Gasteiger partial charge is 0.380 e. The third-order valence-corrected chi connectivity index (χ3v) is 4.07. The normalized spacial score (nSPS) is 31.8. The van der Waals surface area contributed by atoms with Crippen LogP contribution >= 0.6 is 0 Å². The maximum absolute atomic E-state index is 5.74. The lowest BCUT2D eigenvalue weighted by Gasteiger charge is -2.30. The zero-order valence-corrected chi connectivity index (χ0v) is 12.0. The lowest BCUT2D eigenvalue weighted by atomic mass is 10.2. The first-order valence-corrected chi connectivity index (χ1v) is 7.23. The Kier molecular flexibility index (Phi) is 4.30. The van der Waals surface area contributed by atoms with E-state index in [0.717, 1.165) is 39.2 Å². The minimum absolute atomic E-state index is 0.0826. The topological polar surface area (TPSA) is 72.7 Å². The SMILES string of the molecule is CCN1CCOC(c2noc([C@H]3C[C@H](OC)CN3)n2)C1. The summed E-state index contributed by atoms with van der Waals surface area (Å²) in [6.45, 7) is 6.51. The summed E-state index contributed by atoms with van der Waals surface area (Å²) < 4.78 is 16.5. The maximum atomic E-state index is 5.74. The zero-order chi connectivity index (χ0) is 13.9. The van der Waals surface area contributed by atoms with Crippen molar-refractivity contribution in [3.63, 3.8) is 0 Å². The first-order valence-electron chi connectivity index (χ1n) is 7.23. The van der Waals surface area contributed by atoms with Crippen molar-refractivity contribution in [2.75, 3.05) is 39.9 Å². The number of ether oxygens (including phenoxy) is 2. The molecule has 0 spiro atoms. The molecule has 0 aliphatic carbocycles. The van der Waals surface area contributed by atoms with Crippen molar-refractivity contribution in [2.24, 2.45) is 0 Å². The van der Waals surface area contributed by atoms with E-state index in [1.807, 2.05) is 0 Å². The summed E-state index contributed by atoms with van der Waals surface area (Å²) >= 11 is 0. The van der Waals surface area contributed by atoms with Crippen molar-refractivity contribution in [1.82, 2.24) is 20.4 Å². The van der Waals surface area contributed by atoms with E-state index in [-0.39, 0.29) is 18.2 Å². The van der Waals surface area contributed by atoms with Crippen LogP contribution in [0.2, 0.25) is 0 Å². The summed E-state index contributed by atoms with van der Waals surface area (Å²) in [6, 6.07) is 0.0899. The van der Waals surface area contributed by atoms with E-state index in [2.05, 4.69) is 27.3 Å². The second-order valence-electron chi connectivity index (χ2n) is 5.30. The lowest BCUT2D eigenvalue weighted by Crippen LogP contribution is -2.38. The molecule has 0 aromatic carbocycles. The Balaban J connectivity index is 1.64. The molecule has 1 aromatic heterocycles. The van der Waals surface area contributed by atoms with Gasteiger partial charge < -0.3 is 19.3 Å². The molecular formula is C13H22N4O3. The third kappa shape index (κ3) is 2.85. The second-order valence-corrected chi connectivity index (χ2v) is 5.30. The summed E-state index contributed by atoms with van der Waals surface area (Å²) in [6.07, 6.45) is 1.00. The number of nitrogens with zero attached hydrogens (tertiary/aromatic N) is 3. The minimum Gasteiger partial charge on any atom is -0.380 e. The molecule has 7 heteroatoms. The third-order valence-electron chi connectivity index (χ3n) is 4.07. The molecule has 1 aromatic rings. The molecule has 2 fully saturated rings. The van der Waals surface area contributed by atoms with Gasteiger partial charge in [0.15, 0.2) is 0 Å². The second kappa shape index (κ2) is 6.17. The number of likely N-dealkylation sites (N-methyl/N-ethyl adjacent to an activating group) is 1. The van der Waals surface area contributed by atoms with Crippen LogP contribution in [0.1, 0.15) is 37.2 Å². The van der Waals surface area contributed by atoms with E-state index in [4.69, 9.17) is 14.0 Å². The van der Waals surface area contributed by atoms with Gasteiger partial charge in [-0.3, -0.25) is 4.90 Å². The highest BCUT2D eigenvalue weighted by Gasteiger charge is 2.31. The highest BCUT2D eigenvalue weighted by atomic mass is 16.5.